The summed E-state index contributed by atoms with van der Waals surface area (Å²) >= 11 is 5.52. The molecule has 0 unspecified atom stereocenters. The molecule has 0 atom stereocenters. The molecule has 0 aromatic heterocycles. The van der Waals surface area contributed by atoms with Gasteiger partial charge in [-0.05, 0) is 74.9 Å². The molecule has 0 bridgehead atoms. The number of benzene rings is 2. The average Bonchev–Trinajstić information content (AvgIpc) is 2.35. The molecule has 2 aromatic rings. The van der Waals surface area contributed by atoms with E-state index >= 15 is 0 Å². The molecule has 92 valence electrons. The molecule has 0 aliphatic rings. The average molecular weight is 420 g/mol. The lowest BCUT2D eigenvalue weighted by molar-refractivity contribution is 0.102. The molecule has 2 rings (SSSR count). The first kappa shape index (κ1) is 13.5. The molecule has 0 spiro atoms. The van der Waals surface area contributed by atoms with Crippen LogP contribution in [0.4, 0.5) is 10.1 Å². The Hall–Kier alpha value is -0.950. The highest BCUT2D eigenvalue weighted by molar-refractivity contribution is 14.1. The van der Waals surface area contributed by atoms with E-state index in [1.807, 2.05) is 12.1 Å². The monoisotopic (exact) mass is 419 g/mol. The Morgan fingerprint density at radius 3 is 2.50 bits per heavy atom. The van der Waals surface area contributed by atoms with E-state index in [1.165, 1.54) is 24.3 Å². The number of anilines is 1. The van der Waals surface area contributed by atoms with Gasteiger partial charge in [0.15, 0.2) is 0 Å². The standard InChI is InChI=1S/C13H8BrFINO/c14-12-10(2-1-3-11(12)16)13(18)17-9-6-4-8(15)5-7-9/h1-7H,(H,17,18). The highest BCUT2D eigenvalue weighted by atomic mass is 127. The first-order chi connectivity index (χ1) is 8.58. The van der Waals surface area contributed by atoms with Gasteiger partial charge >= 0.3 is 0 Å². The van der Waals surface area contributed by atoms with Crippen LogP contribution in [0.15, 0.2) is 46.9 Å². The van der Waals surface area contributed by atoms with Crippen molar-refractivity contribution in [2.24, 2.45) is 0 Å². The Balaban J connectivity index is 2.22. The van der Waals surface area contributed by atoms with Crippen LogP contribution in [0.25, 0.3) is 0 Å². The van der Waals surface area contributed by atoms with Gasteiger partial charge in [0.1, 0.15) is 5.82 Å². The fourth-order valence-corrected chi connectivity index (χ4v) is 2.35. The quantitative estimate of drug-likeness (QED) is 0.716. The predicted molar refractivity (Wildman–Crippen MR) is 81.2 cm³/mol. The van der Waals surface area contributed by atoms with E-state index in [-0.39, 0.29) is 11.7 Å². The summed E-state index contributed by atoms with van der Waals surface area (Å²) in [6.07, 6.45) is 0. The van der Waals surface area contributed by atoms with Gasteiger partial charge in [0.25, 0.3) is 5.91 Å². The minimum atomic E-state index is -0.330. The van der Waals surface area contributed by atoms with Crippen molar-refractivity contribution in [2.45, 2.75) is 0 Å². The number of amides is 1. The first-order valence-corrected chi connectivity index (χ1v) is 6.96. The van der Waals surface area contributed by atoms with Crippen molar-refractivity contribution in [3.63, 3.8) is 0 Å². The number of carbonyl (C=O) groups excluding carboxylic acids is 1. The van der Waals surface area contributed by atoms with Gasteiger partial charge in [-0.1, -0.05) is 6.07 Å². The molecule has 0 fully saturated rings. The van der Waals surface area contributed by atoms with Gasteiger partial charge < -0.3 is 5.32 Å². The topological polar surface area (TPSA) is 29.1 Å². The zero-order valence-corrected chi connectivity index (χ0v) is 12.8. The molecule has 0 radical (unpaired) electrons. The van der Waals surface area contributed by atoms with Crippen LogP contribution in [-0.2, 0) is 0 Å². The van der Waals surface area contributed by atoms with Gasteiger partial charge in [0, 0.05) is 13.7 Å². The van der Waals surface area contributed by atoms with Gasteiger partial charge in [0.05, 0.1) is 5.56 Å². The molecular weight excluding hydrogens is 412 g/mol. The van der Waals surface area contributed by atoms with Gasteiger partial charge in [-0.15, -0.1) is 0 Å². The van der Waals surface area contributed by atoms with Crippen molar-refractivity contribution in [2.75, 3.05) is 5.32 Å². The molecule has 0 saturated heterocycles. The molecule has 0 aliphatic heterocycles. The minimum Gasteiger partial charge on any atom is -0.322 e. The Kier molecular flexibility index (Phi) is 4.34. The van der Waals surface area contributed by atoms with Crippen molar-refractivity contribution in [3.05, 3.63) is 61.9 Å². The molecule has 18 heavy (non-hydrogen) atoms. The molecule has 5 heteroatoms. The van der Waals surface area contributed by atoms with Crippen molar-refractivity contribution >= 4 is 50.1 Å². The van der Waals surface area contributed by atoms with Crippen molar-refractivity contribution < 1.29 is 9.18 Å². The number of carbonyl (C=O) groups is 1. The Morgan fingerprint density at radius 2 is 1.83 bits per heavy atom. The third-order valence-corrected chi connectivity index (χ3v) is 4.79. The molecule has 1 amide bonds. The van der Waals surface area contributed by atoms with E-state index in [0.717, 1.165) is 8.04 Å². The van der Waals surface area contributed by atoms with E-state index in [4.69, 9.17) is 0 Å². The zero-order chi connectivity index (χ0) is 13.1. The van der Waals surface area contributed by atoms with Crippen LogP contribution in [0.2, 0.25) is 0 Å². The Morgan fingerprint density at radius 1 is 1.17 bits per heavy atom. The smallest absolute Gasteiger partial charge is 0.256 e. The van der Waals surface area contributed by atoms with Crippen molar-refractivity contribution in [1.82, 2.24) is 0 Å². The summed E-state index contributed by atoms with van der Waals surface area (Å²) in [6, 6.07) is 11.1. The lowest BCUT2D eigenvalue weighted by Gasteiger charge is -2.07. The van der Waals surface area contributed by atoms with Crippen LogP contribution in [0, 0.1) is 9.39 Å². The van der Waals surface area contributed by atoms with E-state index in [1.54, 1.807) is 6.07 Å². The highest BCUT2D eigenvalue weighted by Gasteiger charge is 2.11. The molecule has 0 heterocycles. The van der Waals surface area contributed by atoms with Crippen LogP contribution in [-0.4, -0.2) is 5.91 Å². The van der Waals surface area contributed by atoms with E-state index in [9.17, 15) is 9.18 Å². The molecular formula is C13H8BrFINO. The molecule has 2 nitrogen and oxygen atoms in total. The third-order valence-electron chi connectivity index (χ3n) is 2.30. The lowest BCUT2D eigenvalue weighted by Crippen LogP contribution is -2.12. The van der Waals surface area contributed by atoms with Crippen LogP contribution < -0.4 is 5.32 Å². The first-order valence-electron chi connectivity index (χ1n) is 5.09. The molecule has 0 saturated carbocycles. The third kappa shape index (κ3) is 3.08. The van der Waals surface area contributed by atoms with Gasteiger partial charge in [0.2, 0.25) is 0 Å². The summed E-state index contributed by atoms with van der Waals surface area (Å²) in [5.74, 6) is -0.560. The minimum absolute atomic E-state index is 0.230. The van der Waals surface area contributed by atoms with Gasteiger partial charge in [-0.25, -0.2) is 4.39 Å². The fraction of sp³-hybridized carbons (Fsp3) is 0. The van der Waals surface area contributed by atoms with Gasteiger partial charge in [-0.3, -0.25) is 4.79 Å². The largest absolute Gasteiger partial charge is 0.322 e. The second-order valence-electron chi connectivity index (χ2n) is 3.56. The number of nitrogens with one attached hydrogen (secondary N) is 1. The normalized spacial score (nSPS) is 10.2. The summed E-state index contributed by atoms with van der Waals surface area (Å²) in [5, 5.41) is 2.71. The second kappa shape index (κ2) is 5.79. The van der Waals surface area contributed by atoms with E-state index in [2.05, 4.69) is 43.8 Å². The maximum Gasteiger partial charge on any atom is 0.256 e. The summed E-state index contributed by atoms with van der Waals surface area (Å²) < 4.78 is 14.5. The van der Waals surface area contributed by atoms with Gasteiger partial charge in [-0.2, -0.15) is 0 Å². The summed E-state index contributed by atoms with van der Waals surface area (Å²) in [7, 11) is 0. The number of hydrogen-bond acceptors (Lipinski definition) is 1. The van der Waals surface area contributed by atoms with Crippen LogP contribution in [0.3, 0.4) is 0 Å². The van der Waals surface area contributed by atoms with E-state index < -0.39 is 0 Å². The predicted octanol–water partition coefficient (Wildman–Crippen LogP) is 4.45. The summed E-state index contributed by atoms with van der Waals surface area (Å²) in [4.78, 5) is 12.0. The summed E-state index contributed by atoms with van der Waals surface area (Å²) in [6.45, 7) is 0. The van der Waals surface area contributed by atoms with E-state index in [0.29, 0.717) is 11.3 Å². The number of rotatable bonds is 2. The lowest BCUT2D eigenvalue weighted by atomic mass is 10.2. The fourth-order valence-electron chi connectivity index (χ4n) is 1.41. The number of hydrogen-bond donors (Lipinski definition) is 1. The van der Waals surface area contributed by atoms with Crippen LogP contribution in [0.1, 0.15) is 10.4 Å². The maximum absolute atomic E-state index is 12.7. The van der Waals surface area contributed by atoms with Crippen LogP contribution >= 0.6 is 38.5 Å². The second-order valence-corrected chi connectivity index (χ2v) is 5.52. The maximum atomic E-state index is 12.7. The van der Waals surface area contributed by atoms with Crippen LogP contribution in [0.5, 0.6) is 0 Å². The summed E-state index contributed by atoms with van der Waals surface area (Å²) in [5.41, 5.74) is 1.11. The van der Waals surface area contributed by atoms with Crippen molar-refractivity contribution in [1.29, 1.82) is 0 Å². The molecule has 0 aliphatic carbocycles. The zero-order valence-electron chi connectivity index (χ0n) is 9.08. The Bertz CT molecular complexity index is 586. The number of halogens is 3. The Labute approximate surface area is 126 Å². The molecule has 2 aromatic carbocycles. The molecule has 1 N–H and O–H groups in total. The van der Waals surface area contributed by atoms with Crippen molar-refractivity contribution in [3.8, 4) is 0 Å². The SMILES string of the molecule is O=C(Nc1ccc(F)cc1)c1cccc(I)c1Br. The highest BCUT2D eigenvalue weighted by Crippen LogP contribution is 2.24.